The van der Waals surface area contributed by atoms with E-state index in [4.69, 9.17) is 4.74 Å². The van der Waals surface area contributed by atoms with Crippen LogP contribution in [-0.4, -0.2) is 29.2 Å². The van der Waals surface area contributed by atoms with Crippen molar-refractivity contribution < 1.29 is 4.74 Å². The van der Waals surface area contributed by atoms with Gasteiger partial charge in [-0.2, -0.15) is 0 Å². The second-order valence-corrected chi connectivity index (χ2v) is 5.65. The summed E-state index contributed by atoms with van der Waals surface area (Å²) in [4.78, 5) is 11.2. The number of thiophene rings is 1. The second kappa shape index (κ2) is 5.20. The Morgan fingerprint density at radius 3 is 3.00 bits per heavy atom. The van der Waals surface area contributed by atoms with E-state index in [-0.39, 0.29) is 0 Å². The van der Waals surface area contributed by atoms with Crippen LogP contribution < -0.4 is 5.32 Å². The lowest BCUT2D eigenvalue weighted by Gasteiger charge is -2.23. The molecule has 0 radical (unpaired) electrons. The highest BCUT2D eigenvalue weighted by molar-refractivity contribution is 7.18. The summed E-state index contributed by atoms with van der Waals surface area (Å²) in [5.41, 5.74) is 0. The molecule has 1 aliphatic heterocycles. The quantitative estimate of drug-likeness (QED) is 0.925. The first-order valence-electron chi connectivity index (χ1n) is 6.44. The highest BCUT2D eigenvalue weighted by Gasteiger charge is 2.16. The Morgan fingerprint density at radius 2 is 2.22 bits per heavy atom. The molecule has 96 valence electrons. The fourth-order valence-electron chi connectivity index (χ4n) is 2.23. The topological polar surface area (TPSA) is 47.0 Å². The summed E-state index contributed by atoms with van der Waals surface area (Å²) < 4.78 is 5.38. The van der Waals surface area contributed by atoms with Crippen LogP contribution in [0.4, 0.5) is 5.82 Å². The summed E-state index contributed by atoms with van der Waals surface area (Å²) in [6.45, 7) is 3.86. The van der Waals surface area contributed by atoms with Gasteiger partial charge in [-0.3, -0.25) is 0 Å². The first-order valence-corrected chi connectivity index (χ1v) is 7.26. The van der Waals surface area contributed by atoms with Crippen molar-refractivity contribution in [3.63, 3.8) is 0 Å². The van der Waals surface area contributed by atoms with Gasteiger partial charge in [0.25, 0.3) is 0 Å². The van der Waals surface area contributed by atoms with Crippen LogP contribution in [-0.2, 0) is 11.2 Å². The van der Waals surface area contributed by atoms with Gasteiger partial charge in [-0.05, 0) is 25.3 Å². The monoisotopic (exact) mass is 263 g/mol. The molecule has 2 aromatic rings. The predicted octanol–water partition coefficient (Wildman–Crippen LogP) is 2.84. The summed E-state index contributed by atoms with van der Waals surface area (Å²) in [7, 11) is 0. The maximum Gasteiger partial charge on any atom is 0.138 e. The molecule has 1 fully saturated rings. The average Bonchev–Trinajstić information content (AvgIpc) is 2.84. The van der Waals surface area contributed by atoms with Gasteiger partial charge in [-0.1, -0.05) is 6.92 Å². The van der Waals surface area contributed by atoms with Crippen molar-refractivity contribution in [3.8, 4) is 0 Å². The Labute approximate surface area is 110 Å². The van der Waals surface area contributed by atoms with Crippen LogP contribution in [0.25, 0.3) is 10.2 Å². The summed E-state index contributed by atoms with van der Waals surface area (Å²) >= 11 is 1.76. The number of hydrogen-bond acceptors (Lipinski definition) is 5. The molecule has 0 amide bonds. The van der Waals surface area contributed by atoms with E-state index >= 15 is 0 Å². The zero-order valence-electron chi connectivity index (χ0n) is 10.5. The molecule has 0 saturated carbocycles. The van der Waals surface area contributed by atoms with Crippen LogP contribution in [0.15, 0.2) is 12.4 Å². The Hall–Kier alpha value is -1.20. The second-order valence-electron chi connectivity index (χ2n) is 4.54. The number of aryl methyl sites for hydroxylation is 1. The molecule has 0 bridgehead atoms. The maximum absolute atomic E-state index is 5.38. The standard InChI is InChI=1S/C13H17N3OS/c1-2-10-7-11-12(14-8-15-13(11)18-10)16-9-3-5-17-6-4-9/h7-9H,2-6H2,1H3,(H,14,15,16). The van der Waals surface area contributed by atoms with Crippen molar-refractivity contribution in [1.82, 2.24) is 9.97 Å². The van der Waals surface area contributed by atoms with Gasteiger partial charge in [0.05, 0.1) is 5.39 Å². The van der Waals surface area contributed by atoms with Crippen molar-refractivity contribution in [2.45, 2.75) is 32.2 Å². The van der Waals surface area contributed by atoms with E-state index in [1.807, 2.05) is 0 Å². The molecule has 3 heterocycles. The lowest BCUT2D eigenvalue weighted by Crippen LogP contribution is -2.28. The van der Waals surface area contributed by atoms with E-state index in [1.54, 1.807) is 17.7 Å². The number of ether oxygens (including phenoxy) is 1. The Balaban J connectivity index is 1.88. The molecule has 1 N–H and O–H groups in total. The first-order chi connectivity index (χ1) is 8.86. The molecule has 1 aliphatic rings. The van der Waals surface area contributed by atoms with E-state index in [0.29, 0.717) is 6.04 Å². The minimum Gasteiger partial charge on any atom is -0.381 e. The van der Waals surface area contributed by atoms with E-state index in [2.05, 4.69) is 28.3 Å². The third kappa shape index (κ3) is 2.33. The van der Waals surface area contributed by atoms with E-state index in [0.717, 1.165) is 48.5 Å². The van der Waals surface area contributed by atoms with E-state index in [9.17, 15) is 0 Å². The Bertz CT molecular complexity index is 534. The summed E-state index contributed by atoms with van der Waals surface area (Å²) in [6, 6.07) is 2.68. The van der Waals surface area contributed by atoms with Crippen molar-refractivity contribution in [2.75, 3.05) is 18.5 Å². The number of hydrogen-bond donors (Lipinski definition) is 1. The zero-order valence-corrected chi connectivity index (χ0v) is 11.3. The molecular weight excluding hydrogens is 246 g/mol. The average molecular weight is 263 g/mol. The smallest absolute Gasteiger partial charge is 0.138 e. The van der Waals surface area contributed by atoms with Gasteiger partial charge < -0.3 is 10.1 Å². The molecule has 3 rings (SSSR count). The van der Waals surface area contributed by atoms with Crippen LogP contribution >= 0.6 is 11.3 Å². The van der Waals surface area contributed by atoms with Crippen LogP contribution in [0, 0.1) is 0 Å². The van der Waals surface area contributed by atoms with Gasteiger partial charge in [-0.25, -0.2) is 9.97 Å². The predicted molar refractivity (Wildman–Crippen MR) is 74.3 cm³/mol. The van der Waals surface area contributed by atoms with Crippen LogP contribution in [0.2, 0.25) is 0 Å². The molecule has 0 atom stereocenters. The molecule has 5 heteroatoms. The van der Waals surface area contributed by atoms with Crippen molar-refractivity contribution in [2.24, 2.45) is 0 Å². The van der Waals surface area contributed by atoms with Crippen molar-refractivity contribution in [1.29, 1.82) is 0 Å². The maximum atomic E-state index is 5.38. The summed E-state index contributed by atoms with van der Waals surface area (Å²) in [6.07, 6.45) is 4.81. The van der Waals surface area contributed by atoms with Crippen LogP contribution in [0.3, 0.4) is 0 Å². The van der Waals surface area contributed by atoms with Gasteiger partial charge >= 0.3 is 0 Å². The van der Waals surface area contributed by atoms with Gasteiger partial charge in [-0.15, -0.1) is 11.3 Å². The minimum atomic E-state index is 0.474. The number of rotatable bonds is 3. The molecule has 1 saturated heterocycles. The van der Waals surface area contributed by atoms with Gasteiger partial charge in [0, 0.05) is 24.1 Å². The molecule has 2 aromatic heterocycles. The minimum absolute atomic E-state index is 0.474. The molecular formula is C13H17N3OS. The number of nitrogens with one attached hydrogen (secondary N) is 1. The largest absolute Gasteiger partial charge is 0.381 e. The SMILES string of the molecule is CCc1cc2c(NC3CCOCC3)ncnc2s1. The normalized spacial score (nSPS) is 17.2. The van der Waals surface area contributed by atoms with Gasteiger partial charge in [0.1, 0.15) is 17.0 Å². The highest BCUT2D eigenvalue weighted by atomic mass is 32.1. The molecule has 0 aromatic carbocycles. The van der Waals surface area contributed by atoms with Crippen molar-refractivity contribution >= 4 is 27.4 Å². The fraction of sp³-hybridized carbons (Fsp3) is 0.538. The summed E-state index contributed by atoms with van der Waals surface area (Å²) in [5.74, 6) is 0.975. The lowest BCUT2D eigenvalue weighted by molar-refractivity contribution is 0.0904. The third-order valence-corrected chi connectivity index (χ3v) is 4.48. The van der Waals surface area contributed by atoms with Crippen LogP contribution in [0.5, 0.6) is 0 Å². The fourth-order valence-corrected chi connectivity index (χ4v) is 3.16. The lowest BCUT2D eigenvalue weighted by atomic mass is 10.1. The molecule has 18 heavy (non-hydrogen) atoms. The number of anilines is 1. The van der Waals surface area contributed by atoms with E-state index in [1.165, 1.54) is 4.88 Å². The zero-order chi connectivity index (χ0) is 12.4. The number of fused-ring (bicyclic) bond motifs is 1. The van der Waals surface area contributed by atoms with Gasteiger partial charge in [0.15, 0.2) is 0 Å². The molecule has 0 spiro atoms. The highest BCUT2D eigenvalue weighted by Crippen LogP contribution is 2.29. The molecule has 0 unspecified atom stereocenters. The van der Waals surface area contributed by atoms with Crippen molar-refractivity contribution in [3.05, 3.63) is 17.3 Å². The molecule has 4 nitrogen and oxygen atoms in total. The number of aromatic nitrogens is 2. The van der Waals surface area contributed by atoms with Crippen LogP contribution in [0.1, 0.15) is 24.6 Å². The first kappa shape index (κ1) is 11.9. The Kier molecular flexibility index (Phi) is 3.43. The van der Waals surface area contributed by atoms with Gasteiger partial charge in [0.2, 0.25) is 0 Å². The number of nitrogens with zero attached hydrogens (tertiary/aromatic N) is 2. The molecule has 0 aliphatic carbocycles. The summed E-state index contributed by atoms with van der Waals surface area (Å²) in [5, 5.41) is 4.70. The van der Waals surface area contributed by atoms with E-state index < -0.39 is 0 Å². The third-order valence-electron chi connectivity index (χ3n) is 3.29. The Morgan fingerprint density at radius 1 is 1.39 bits per heavy atom.